The average molecular weight is 186 g/mol. The van der Waals surface area contributed by atoms with Gasteiger partial charge in [0.15, 0.2) is 0 Å². The van der Waals surface area contributed by atoms with Crippen LogP contribution in [0.15, 0.2) is 0 Å². The fourth-order valence-corrected chi connectivity index (χ4v) is 1.50. The highest BCUT2D eigenvalue weighted by atomic mass is 16.3. The van der Waals surface area contributed by atoms with Crippen LogP contribution < -0.4 is 0 Å². The molecule has 1 aliphatic rings. The molecule has 0 aromatic heterocycles. The molecule has 1 rings (SSSR count). The minimum absolute atomic E-state index is 0.250. The summed E-state index contributed by atoms with van der Waals surface area (Å²) in [6.07, 6.45) is 3.08. The standard InChI is InChI=1S/C9H16O.CH2O2/c1-7-4-5-9(2,3)6-8(7)10;2-1-3/h7H,4-6H2,1-3H3;1H,(H,2,3). The molecule has 0 aromatic carbocycles. The van der Waals surface area contributed by atoms with Gasteiger partial charge in [0.1, 0.15) is 5.78 Å². The Bertz CT molecular complexity index is 185. The van der Waals surface area contributed by atoms with Crippen LogP contribution in [0.5, 0.6) is 0 Å². The fraction of sp³-hybridized carbons (Fsp3) is 0.800. The van der Waals surface area contributed by atoms with E-state index < -0.39 is 0 Å². The maximum atomic E-state index is 11.2. The predicted molar refractivity (Wildman–Crippen MR) is 50.5 cm³/mol. The lowest BCUT2D eigenvalue weighted by molar-refractivity contribution is -0.127. The SMILES string of the molecule is CC1CCC(C)(C)CC1=O.O=CO. The summed E-state index contributed by atoms with van der Waals surface area (Å²) < 4.78 is 0. The van der Waals surface area contributed by atoms with Crippen molar-refractivity contribution in [3.8, 4) is 0 Å². The van der Waals surface area contributed by atoms with Gasteiger partial charge in [-0.2, -0.15) is 0 Å². The molecule has 0 aliphatic heterocycles. The summed E-state index contributed by atoms with van der Waals surface area (Å²) in [5.41, 5.74) is 0.281. The van der Waals surface area contributed by atoms with E-state index in [1.807, 2.05) is 6.92 Å². The lowest BCUT2D eigenvalue weighted by Crippen LogP contribution is -2.28. The maximum Gasteiger partial charge on any atom is 0.290 e. The van der Waals surface area contributed by atoms with Crippen LogP contribution in [-0.2, 0) is 9.59 Å². The van der Waals surface area contributed by atoms with Crippen molar-refractivity contribution < 1.29 is 14.7 Å². The zero-order valence-electron chi connectivity index (χ0n) is 8.54. The number of carbonyl (C=O) groups excluding carboxylic acids is 1. The third-order valence-corrected chi connectivity index (χ3v) is 2.46. The molecule has 3 heteroatoms. The molecule has 0 saturated heterocycles. The highest BCUT2D eigenvalue weighted by Crippen LogP contribution is 2.35. The van der Waals surface area contributed by atoms with E-state index in [0.29, 0.717) is 11.7 Å². The fourth-order valence-electron chi connectivity index (χ4n) is 1.50. The Hall–Kier alpha value is -0.860. The van der Waals surface area contributed by atoms with Gasteiger partial charge in [-0.3, -0.25) is 9.59 Å². The van der Waals surface area contributed by atoms with Gasteiger partial charge < -0.3 is 5.11 Å². The zero-order valence-corrected chi connectivity index (χ0v) is 8.54. The molecule has 0 radical (unpaired) electrons. The molecule has 0 aromatic rings. The van der Waals surface area contributed by atoms with E-state index >= 15 is 0 Å². The average Bonchev–Trinajstić information content (AvgIpc) is 1.99. The number of Topliss-reactive ketones (excluding diaryl/α,β-unsaturated/α-hetero) is 1. The molecule has 0 bridgehead atoms. The lowest BCUT2D eigenvalue weighted by atomic mass is 9.73. The van der Waals surface area contributed by atoms with Crippen molar-refractivity contribution in [1.29, 1.82) is 0 Å². The van der Waals surface area contributed by atoms with Gasteiger partial charge in [0, 0.05) is 12.3 Å². The quantitative estimate of drug-likeness (QED) is 0.589. The summed E-state index contributed by atoms with van der Waals surface area (Å²) in [5.74, 6) is 0.782. The van der Waals surface area contributed by atoms with E-state index in [4.69, 9.17) is 9.90 Å². The van der Waals surface area contributed by atoms with Crippen molar-refractivity contribution in [3.63, 3.8) is 0 Å². The lowest BCUT2D eigenvalue weighted by Gasteiger charge is -2.31. The third kappa shape index (κ3) is 4.65. The number of rotatable bonds is 0. The van der Waals surface area contributed by atoms with Gasteiger partial charge >= 0.3 is 0 Å². The Morgan fingerprint density at radius 3 is 2.31 bits per heavy atom. The first-order valence-electron chi connectivity index (χ1n) is 4.53. The molecule has 1 aliphatic carbocycles. The molecular formula is C10H18O3. The Balaban J connectivity index is 0.000000424. The largest absolute Gasteiger partial charge is 0.483 e. The van der Waals surface area contributed by atoms with Crippen LogP contribution in [0.25, 0.3) is 0 Å². The van der Waals surface area contributed by atoms with Gasteiger partial charge in [0.25, 0.3) is 6.47 Å². The Morgan fingerprint density at radius 2 is 2.00 bits per heavy atom. The first-order chi connectivity index (χ1) is 5.93. The van der Waals surface area contributed by atoms with Crippen molar-refractivity contribution in [2.75, 3.05) is 0 Å². The van der Waals surface area contributed by atoms with Crippen molar-refractivity contribution in [3.05, 3.63) is 0 Å². The van der Waals surface area contributed by atoms with Crippen LogP contribution >= 0.6 is 0 Å². The van der Waals surface area contributed by atoms with Crippen LogP contribution in [0.2, 0.25) is 0 Å². The van der Waals surface area contributed by atoms with Gasteiger partial charge in [-0.15, -0.1) is 0 Å². The minimum Gasteiger partial charge on any atom is -0.483 e. The zero-order chi connectivity index (χ0) is 10.5. The van der Waals surface area contributed by atoms with E-state index in [2.05, 4.69) is 13.8 Å². The monoisotopic (exact) mass is 186 g/mol. The Morgan fingerprint density at radius 1 is 1.54 bits per heavy atom. The summed E-state index contributed by atoms with van der Waals surface area (Å²) in [4.78, 5) is 19.6. The smallest absolute Gasteiger partial charge is 0.290 e. The van der Waals surface area contributed by atoms with Gasteiger partial charge in [-0.05, 0) is 18.3 Å². The van der Waals surface area contributed by atoms with Crippen LogP contribution in [0.1, 0.15) is 40.0 Å². The van der Waals surface area contributed by atoms with Crippen LogP contribution in [0.4, 0.5) is 0 Å². The molecule has 1 unspecified atom stereocenters. The number of ketones is 1. The summed E-state index contributed by atoms with van der Waals surface area (Å²) >= 11 is 0. The molecule has 1 N–H and O–H groups in total. The molecule has 1 saturated carbocycles. The van der Waals surface area contributed by atoms with E-state index in [9.17, 15) is 4.79 Å². The van der Waals surface area contributed by atoms with E-state index in [0.717, 1.165) is 12.8 Å². The Labute approximate surface area is 79.1 Å². The molecular weight excluding hydrogens is 168 g/mol. The molecule has 76 valence electrons. The highest BCUT2D eigenvalue weighted by Gasteiger charge is 2.30. The number of carboxylic acid groups (broad SMARTS) is 1. The molecule has 1 atom stereocenters. The first kappa shape index (κ1) is 12.1. The van der Waals surface area contributed by atoms with Crippen LogP contribution in [0, 0.1) is 11.3 Å². The topological polar surface area (TPSA) is 54.4 Å². The Kier molecular flexibility index (Phi) is 4.67. The second-order valence-corrected chi connectivity index (χ2v) is 4.35. The molecule has 0 spiro atoms. The van der Waals surface area contributed by atoms with E-state index in [-0.39, 0.29) is 11.9 Å². The molecule has 1 fully saturated rings. The summed E-state index contributed by atoms with van der Waals surface area (Å²) in [6, 6.07) is 0. The van der Waals surface area contributed by atoms with Crippen molar-refractivity contribution in [2.24, 2.45) is 11.3 Å². The predicted octanol–water partition coefficient (Wildman–Crippen LogP) is 2.10. The summed E-state index contributed by atoms with van der Waals surface area (Å²) in [6.45, 7) is 6.14. The van der Waals surface area contributed by atoms with Gasteiger partial charge in [0.05, 0.1) is 0 Å². The molecule has 0 heterocycles. The molecule has 0 amide bonds. The molecule has 13 heavy (non-hydrogen) atoms. The van der Waals surface area contributed by atoms with Crippen molar-refractivity contribution in [2.45, 2.75) is 40.0 Å². The highest BCUT2D eigenvalue weighted by molar-refractivity contribution is 5.81. The third-order valence-electron chi connectivity index (χ3n) is 2.46. The van der Waals surface area contributed by atoms with Crippen molar-refractivity contribution >= 4 is 12.3 Å². The number of hydrogen-bond donors (Lipinski definition) is 1. The normalized spacial score (nSPS) is 25.8. The van der Waals surface area contributed by atoms with Gasteiger partial charge in [0.2, 0.25) is 0 Å². The minimum atomic E-state index is -0.250. The van der Waals surface area contributed by atoms with E-state index in [1.165, 1.54) is 6.42 Å². The van der Waals surface area contributed by atoms with Crippen LogP contribution in [-0.4, -0.2) is 17.4 Å². The summed E-state index contributed by atoms with van der Waals surface area (Å²) in [7, 11) is 0. The van der Waals surface area contributed by atoms with Crippen molar-refractivity contribution in [1.82, 2.24) is 0 Å². The summed E-state index contributed by atoms with van der Waals surface area (Å²) in [5, 5.41) is 6.89. The van der Waals surface area contributed by atoms with Crippen LogP contribution in [0.3, 0.4) is 0 Å². The second kappa shape index (κ2) is 5.00. The van der Waals surface area contributed by atoms with Gasteiger partial charge in [-0.25, -0.2) is 0 Å². The first-order valence-corrected chi connectivity index (χ1v) is 4.53. The number of carbonyl (C=O) groups is 2. The van der Waals surface area contributed by atoms with Gasteiger partial charge in [-0.1, -0.05) is 20.8 Å². The second-order valence-electron chi connectivity index (χ2n) is 4.35. The van der Waals surface area contributed by atoms with E-state index in [1.54, 1.807) is 0 Å². The number of hydrogen-bond acceptors (Lipinski definition) is 2. The molecule has 3 nitrogen and oxygen atoms in total. The maximum absolute atomic E-state index is 11.2.